The van der Waals surface area contributed by atoms with Gasteiger partial charge in [0.15, 0.2) is 0 Å². The fraction of sp³-hybridized carbons (Fsp3) is 0.917. The molecule has 0 spiro atoms. The number of nitrogens with one attached hydrogen (secondary N) is 1. The lowest BCUT2D eigenvalue weighted by atomic mass is 10.1. The first-order valence-electron chi connectivity index (χ1n) is 6.94. The van der Waals surface area contributed by atoms with Gasteiger partial charge in [-0.15, -0.1) is 5.10 Å². The molecule has 19 heavy (non-hydrogen) atoms. The molecule has 1 aliphatic rings. The number of nitrogens with zero attached hydrogens (tertiary/aromatic N) is 4. The van der Waals surface area contributed by atoms with E-state index in [-0.39, 0.29) is 0 Å². The Morgan fingerprint density at radius 2 is 2.16 bits per heavy atom. The molecule has 0 unspecified atom stereocenters. The number of thioether (sulfide) groups is 1. The van der Waals surface area contributed by atoms with Gasteiger partial charge in [-0.05, 0) is 23.3 Å². The highest BCUT2D eigenvalue weighted by atomic mass is 32.2. The van der Waals surface area contributed by atoms with Crippen LogP contribution in [0.2, 0.25) is 0 Å². The Labute approximate surface area is 118 Å². The molecule has 1 saturated carbocycles. The van der Waals surface area contributed by atoms with Gasteiger partial charge < -0.3 is 10.4 Å². The third kappa shape index (κ3) is 4.43. The van der Waals surface area contributed by atoms with Crippen molar-refractivity contribution in [1.29, 1.82) is 0 Å². The zero-order valence-corrected chi connectivity index (χ0v) is 12.5. The van der Waals surface area contributed by atoms with Crippen molar-refractivity contribution in [1.82, 2.24) is 25.5 Å². The Morgan fingerprint density at radius 1 is 1.42 bits per heavy atom. The van der Waals surface area contributed by atoms with Crippen LogP contribution in [-0.4, -0.2) is 49.3 Å². The van der Waals surface area contributed by atoms with Crippen molar-refractivity contribution < 1.29 is 5.11 Å². The maximum absolute atomic E-state index is 10.3. The van der Waals surface area contributed by atoms with E-state index in [4.69, 9.17) is 0 Å². The van der Waals surface area contributed by atoms with Gasteiger partial charge in [0.05, 0.1) is 12.1 Å². The van der Waals surface area contributed by atoms with Gasteiger partial charge >= 0.3 is 0 Å². The zero-order valence-electron chi connectivity index (χ0n) is 11.7. The summed E-state index contributed by atoms with van der Waals surface area (Å²) in [5, 5.41) is 26.2. The number of hydrogen-bond acceptors (Lipinski definition) is 6. The molecule has 1 fully saturated rings. The quantitative estimate of drug-likeness (QED) is 0.730. The average Bonchev–Trinajstić information content (AvgIpc) is 2.96. The Hall–Kier alpha value is -0.660. The maximum atomic E-state index is 10.3. The van der Waals surface area contributed by atoms with Crippen LogP contribution in [0.1, 0.15) is 39.5 Å². The normalized spacial score (nSPS) is 18.3. The lowest BCUT2D eigenvalue weighted by Crippen LogP contribution is -2.28. The molecule has 0 atom stereocenters. The molecule has 0 saturated heterocycles. The fourth-order valence-corrected chi connectivity index (χ4v) is 3.33. The molecule has 0 amide bonds. The Balaban J connectivity index is 1.81. The van der Waals surface area contributed by atoms with E-state index in [0.29, 0.717) is 11.8 Å². The molecule has 1 heterocycles. The topological polar surface area (TPSA) is 75.9 Å². The highest BCUT2D eigenvalue weighted by Gasteiger charge is 2.31. The average molecular weight is 285 g/mol. The Bertz CT molecular complexity index is 389. The monoisotopic (exact) mass is 285 g/mol. The summed E-state index contributed by atoms with van der Waals surface area (Å²) < 4.78 is 1.80. The SMILES string of the molecule is CC(C)NCCn1nnnc1SCC1(O)CCCC1. The minimum absolute atomic E-state index is 0.465. The molecule has 0 aromatic carbocycles. The van der Waals surface area contributed by atoms with Crippen LogP contribution in [0.25, 0.3) is 0 Å². The number of tetrazole rings is 1. The van der Waals surface area contributed by atoms with E-state index >= 15 is 0 Å². The number of aromatic nitrogens is 4. The molecule has 2 rings (SSSR count). The van der Waals surface area contributed by atoms with Gasteiger partial charge in [0.1, 0.15) is 0 Å². The summed E-state index contributed by atoms with van der Waals surface area (Å²) in [6.45, 7) is 5.84. The first kappa shape index (κ1) is 14.7. The summed E-state index contributed by atoms with van der Waals surface area (Å²) in [5.74, 6) is 0.685. The first-order valence-corrected chi connectivity index (χ1v) is 7.92. The summed E-state index contributed by atoms with van der Waals surface area (Å²) in [5.41, 5.74) is -0.516. The summed E-state index contributed by atoms with van der Waals surface area (Å²) in [6, 6.07) is 0.465. The number of rotatable bonds is 7. The first-order chi connectivity index (χ1) is 9.09. The Kier molecular flexibility index (Phi) is 5.18. The van der Waals surface area contributed by atoms with Crippen LogP contribution in [0.3, 0.4) is 0 Å². The van der Waals surface area contributed by atoms with Crippen LogP contribution in [0.4, 0.5) is 0 Å². The third-order valence-electron chi connectivity index (χ3n) is 3.38. The minimum atomic E-state index is -0.516. The van der Waals surface area contributed by atoms with Crippen LogP contribution in [-0.2, 0) is 6.54 Å². The van der Waals surface area contributed by atoms with Gasteiger partial charge in [-0.25, -0.2) is 4.68 Å². The van der Waals surface area contributed by atoms with E-state index in [9.17, 15) is 5.11 Å². The highest BCUT2D eigenvalue weighted by molar-refractivity contribution is 7.99. The molecule has 1 aliphatic carbocycles. The van der Waals surface area contributed by atoms with E-state index in [2.05, 4.69) is 34.7 Å². The highest BCUT2D eigenvalue weighted by Crippen LogP contribution is 2.33. The van der Waals surface area contributed by atoms with E-state index in [1.165, 1.54) is 0 Å². The van der Waals surface area contributed by atoms with Gasteiger partial charge in [-0.2, -0.15) is 0 Å². The molecule has 108 valence electrons. The predicted molar refractivity (Wildman–Crippen MR) is 75.1 cm³/mol. The molecule has 1 aromatic heterocycles. The van der Waals surface area contributed by atoms with Crippen LogP contribution >= 0.6 is 11.8 Å². The van der Waals surface area contributed by atoms with Crippen molar-refractivity contribution in [2.75, 3.05) is 12.3 Å². The van der Waals surface area contributed by atoms with Crippen LogP contribution in [0, 0.1) is 0 Å². The zero-order chi connectivity index (χ0) is 13.7. The molecule has 2 N–H and O–H groups in total. The van der Waals surface area contributed by atoms with Crippen LogP contribution in [0.15, 0.2) is 5.16 Å². The van der Waals surface area contributed by atoms with Crippen molar-refractivity contribution in [3.05, 3.63) is 0 Å². The third-order valence-corrected chi connectivity index (χ3v) is 4.61. The predicted octanol–water partition coefficient (Wildman–Crippen LogP) is 1.07. The lowest BCUT2D eigenvalue weighted by Gasteiger charge is -2.20. The largest absolute Gasteiger partial charge is 0.389 e. The minimum Gasteiger partial charge on any atom is -0.389 e. The molecule has 0 bridgehead atoms. The van der Waals surface area contributed by atoms with Crippen molar-refractivity contribution in [3.8, 4) is 0 Å². The van der Waals surface area contributed by atoms with Crippen molar-refractivity contribution >= 4 is 11.8 Å². The van der Waals surface area contributed by atoms with Crippen molar-refractivity contribution in [3.63, 3.8) is 0 Å². The molecule has 1 aromatic rings. The van der Waals surface area contributed by atoms with E-state index in [0.717, 1.165) is 43.9 Å². The van der Waals surface area contributed by atoms with Gasteiger partial charge in [0, 0.05) is 18.3 Å². The Morgan fingerprint density at radius 3 is 2.84 bits per heavy atom. The molecule has 0 radical (unpaired) electrons. The molecule has 7 heteroatoms. The summed E-state index contributed by atoms with van der Waals surface area (Å²) in [4.78, 5) is 0. The second kappa shape index (κ2) is 6.67. The summed E-state index contributed by atoms with van der Waals surface area (Å²) >= 11 is 1.56. The lowest BCUT2D eigenvalue weighted by molar-refractivity contribution is 0.0732. The van der Waals surface area contributed by atoms with Crippen LogP contribution in [0.5, 0.6) is 0 Å². The maximum Gasteiger partial charge on any atom is 0.209 e. The molecule has 6 nitrogen and oxygen atoms in total. The second-order valence-electron chi connectivity index (χ2n) is 5.51. The summed E-state index contributed by atoms with van der Waals surface area (Å²) in [6.07, 6.45) is 4.05. The summed E-state index contributed by atoms with van der Waals surface area (Å²) in [7, 11) is 0. The van der Waals surface area contributed by atoms with Gasteiger partial charge in [-0.1, -0.05) is 38.5 Å². The second-order valence-corrected chi connectivity index (χ2v) is 6.46. The number of hydrogen-bond donors (Lipinski definition) is 2. The van der Waals surface area contributed by atoms with Crippen molar-refractivity contribution in [2.45, 2.75) is 62.9 Å². The van der Waals surface area contributed by atoms with Gasteiger partial charge in [-0.3, -0.25) is 0 Å². The number of aliphatic hydroxyl groups is 1. The van der Waals surface area contributed by atoms with Gasteiger partial charge in [0.25, 0.3) is 0 Å². The molecular formula is C12H23N5OS. The standard InChI is InChI=1S/C12H23N5OS/c1-10(2)13-7-8-17-11(14-15-16-17)19-9-12(18)5-3-4-6-12/h10,13,18H,3-9H2,1-2H3. The smallest absolute Gasteiger partial charge is 0.209 e. The van der Waals surface area contributed by atoms with Crippen LogP contribution < -0.4 is 5.32 Å². The van der Waals surface area contributed by atoms with E-state index < -0.39 is 5.60 Å². The molecular weight excluding hydrogens is 262 g/mol. The van der Waals surface area contributed by atoms with E-state index in [1.807, 2.05) is 0 Å². The fourth-order valence-electron chi connectivity index (χ4n) is 2.28. The van der Waals surface area contributed by atoms with Gasteiger partial charge in [0.2, 0.25) is 5.16 Å². The van der Waals surface area contributed by atoms with E-state index in [1.54, 1.807) is 16.4 Å². The molecule has 0 aliphatic heterocycles. The van der Waals surface area contributed by atoms with Crippen molar-refractivity contribution in [2.24, 2.45) is 0 Å².